The van der Waals surface area contributed by atoms with Gasteiger partial charge in [0.25, 0.3) is 5.91 Å². The molecule has 1 aromatic rings. The summed E-state index contributed by atoms with van der Waals surface area (Å²) in [5, 5.41) is 2.61. The van der Waals surface area contributed by atoms with E-state index in [-0.39, 0.29) is 11.7 Å². The molecule has 3 heteroatoms. The van der Waals surface area contributed by atoms with E-state index < -0.39 is 0 Å². The average molecular weight is 255 g/mol. The van der Waals surface area contributed by atoms with Crippen LogP contribution in [-0.4, -0.2) is 18.7 Å². The zero-order valence-corrected chi connectivity index (χ0v) is 11.0. The van der Waals surface area contributed by atoms with E-state index in [9.17, 15) is 9.59 Å². The molecule has 0 aromatic heterocycles. The van der Waals surface area contributed by atoms with Crippen LogP contribution in [-0.2, 0) is 4.79 Å². The molecule has 0 heterocycles. The number of nitrogens with one attached hydrogen (secondary N) is 1. The Morgan fingerprint density at radius 2 is 1.79 bits per heavy atom. The van der Waals surface area contributed by atoms with Crippen LogP contribution in [0, 0.1) is 5.92 Å². The van der Waals surface area contributed by atoms with Crippen molar-refractivity contribution in [3.8, 4) is 0 Å². The summed E-state index contributed by atoms with van der Waals surface area (Å²) >= 11 is 0. The van der Waals surface area contributed by atoms with E-state index >= 15 is 0 Å². The molecule has 1 aromatic carbocycles. The fraction of sp³-hybridized carbons (Fsp3) is 0.375. The summed E-state index contributed by atoms with van der Waals surface area (Å²) in [6, 6.07) is 7.59. The van der Waals surface area contributed by atoms with Gasteiger partial charge >= 0.3 is 0 Å². The van der Waals surface area contributed by atoms with Gasteiger partial charge in [-0.25, -0.2) is 0 Å². The van der Waals surface area contributed by atoms with E-state index in [2.05, 4.69) is 5.32 Å². The van der Waals surface area contributed by atoms with E-state index in [0.29, 0.717) is 17.1 Å². The summed E-state index contributed by atoms with van der Waals surface area (Å²) in [6.45, 7) is 0. The number of fused-ring (bicyclic) bond motifs is 1. The monoisotopic (exact) mass is 255 g/mol. The molecule has 0 aliphatic heterocycles. The van der Waals surface area contributed by atoms with E-state index in [4.69, 9.17) is 0 Å². The van der Waals surface area contributed by atoms with Crippen molar-refractivity contribution in [3.05, 3.63) is 41.0 Å². The molecular weight excluding hydrogens is 238 g/mol. The summed E-state index contributed by atoms with van der Waals surface area (Å²) in [4.78, 5) is 24.5. The van der Waals surface area contributed by atoms with Crippen LogP contribution >= 0.6 is 0 Å². The van der Waals surface area contributed by atoms with Crippen molar-refractivity contribution in [1.82, 2.24) is 5.32 Å². The first kappa shape index (κ1) is 12.2. The van der Waals surface area contributed by atoms with Gasteiger partial charge in [-0.2, -0.15) is 0 Å². The molecule has 2 aliphatic rings. The summed E-state index contributed by atoms with van der Waals surface area (Å²) in [5.74, 6) is -0.000139. The maximum absolute atomic E-state index is 12.4. The van der Waals surface area contributed by atoms with Crippen LogP contribution in [0.1, 0.15) is 41.6 Å². The van der Waals surface area contributed by atoms with Crippen LogP contribution in [0.4, 0.5) is 0 Å². The van der Waals surface area contributed by atoms with Crippen molar-refractivity contribution in [2.24, 2.45) is 5.92 Å². The molecule has 0 radical (unpaired) electrons. The highest BCUT2D eigenvalue weighted by Crippen LogP contribution is 2.44. The first-order valence-electron chi connectivity index (χ1n) is 6.84. The van der Waals surface area contributed by atoms with Crippen molar-refractivity contribution >= 4 is 17.3 Å². The van der Waals surface area contributed by atoms with Gasteiger partial charge in [0, 0.05) is 12.6 Å². The number of hydrogen-bond donors (Lipinski definition) is 1. The lowest BCUT2D eigenvalue weighted by Crippen LogP contribution is -2.24. The van der Waals surface area contributed by atoms with Crippen molar-refractivity contribution in [2.75, 3.05) is 7.05 Å². The SMILES string of the molecule is CNC(=O)C1=C(C2CCCC2)c2ccccc2C1=O. The van der Waals surface area contributed by atoms with Gasteiger partial charge in [-0.1, -0.05) is 37.1 Å². The predicted octanol–water partition coefficient (Wildman–Crippen LogP) is 2.57. The van der Waals surface area contributed by atoms with Crippen LogP contribution in [0.5, 0.6) is 0 Å². The quantitative estimate of drug-likeness (QED) is 0.826. The maximum Gasteiger partial charge on any atom is 0.255 e. The van der Waals surface area contributed by atoms with E-state index in [1.54, 1.807) is 7.05 Å². The molecule has 0 saturated heterocycles. The second-order valence-electron chi connectivity index (χ2n) is 5.22. The molecule has 2 aliphatic carbocycles. The Morgan fingerprint density at radius 3 is 2.42 bits per heavy atom. The first-order chi connectivity index (χ1) is 9.24. The number of ketones is 1. The van der Waals surface area contributed by atoms with Gasteiger partial charge in [0.05, 0.1) is 5.57 Å². The maximum atomic E-state index is 12.4. The number of carbonyl (C=O) groups is 2. The van der Waals surface area contributed by atoms with Gasteiger partial charge in [-0.15, -0.1) is 0 Å². The van der Waals surface area contributed by atoms with Gasteiger partial charge < -0.3 is 5.32 Å². The van der Waals surface area contributed by atoms with Crippen LogP contribution in [0.3, 0.4) is 0 Å². The summed E-state index contributed by atoms with van der Waals surface area (Å²) in [5.41, 5.74) is 3.01. The lowest BCUT2D eigenvalue weighted by atomic mass is 9.90. The van der Waals surface area contributed by atoms with Gasteiger partial charge in [-0.05, 0) is 29.9 Å². The fourth-order valence-corrected chi connectivity index (χ4v) is 3.30. The third-order valence-electron chi connectivity index (χ3n) is 4.18. The first-order valence-corrected chi connectivity index (χ1v) is 6.84. The van der Waals surface area contributed by atoms with E-state index in [1.165, 1.54) is 12.8 Å². The number of benzene rings is 1. The molecule has 19 heavy (non-hydrogen) atoms. The second-order valence-corrected chi connectivity index (χ2v) is 5.22. The van der Waals surface area contributed by atoms with Gasteiger partial charge in [-0.3, -0.25) is 9.59 Å². The van der Waals surface area contributed by atoms with Crippen molar-refractivity contribution in [1.29, 1.82) is 0 Å². The fourth-order valence-electron chi connectivity index (χ4n) is 3.30. The van der Waals surface area contributed by atoms with Gasteiger partial charge in [0.15, 0.2) is 5.78 Å². The predicted molar refractivity (Wildman–Crippen MR) is 73.7 cm³/mol. The van der Waals surface area contributed by atoms with Crippen molar-refractivity contribution < 1.29 is 9.59 Å². The Bertz CT molecular complexity index is 580. The summed E-state index contributed by atoms with van der Waals surface area (Å²) in [6.07, 6.45) is 4.53. The second kappa shape index (κ2) is 4.65. The molecule has 1 amide bonds. The molecule has 3 nitrogen and oxygen atoms in total. The minimum absolute atomic E-state index is 0.114. The molecule has 0 unspecified atom stereocenters. The molecule has 0 bridgehead atoms. The molecule has 1 saturated carbocycles. The molecular formula is C16H17NO2. The largest absolute Gasteiger partial charge is 0.355 e. The third-order valence-corrected chi connectivity index (χ3v) is 4.18. The molecule has 0 spiro atoms. The number of likely N-dealkylation sites (N-methyl/N-ethyl adjacent to an activating group) is 1. The average Bonchev–Trinajstić information content (AvgIpc) is 3.05. The number of allylic oxidation sites excluding steroid dienone is 1. The zero-order valence-electron chi connectivity index (χ0n) is 11.0. The third kappa shape index (κ3) is 1.81. The number of rotatable bonds is 2. The Hall–Kier alpha value is -1.90. The number of carbonyl (C=O) groups excluding carboxylic acids is 2. The Kier molecular flexibility index (Phi) is 2.97. The van der Waals surface area contributed by atoms with E-state index in [1.807, 2.05) is 24.3 Å². The lowest BCUT2D eigenvalue weighted by molar-refractivity contribution is -0.116. The van der Waals surface area contributed by atoms with Crippen molar-refractivity contribution in [3.63, 3.8) is 0 Å². The van der Waals surface area contributed by atoms with Crippen LogP contribution in [0.15, 0.2) is 29.8 Å². The molecule has 98 valence electrons. The summed E-state index contributed by atoms with van der Waals surface area (Å²) in [7, 11) is 1.58. The van der Waals surface area contributed by atoms with E-state index in [0.717, 1.165) is 24.0 Å². The topological polar surface area (TPSA) is 46.2 Å². The highest BCUT2D eigenvalue weighted by Gasteiger charge is 2.37. The number of hydrogen-bond acceptors (Lipinski definition) is 2. The highest BCUT2D eigenvalue weighted by atomic mass is 16.2. The van der Waals surface area contributed by atoms with Crippen LogP contribution in [0.2, 0.25) is 0 Å². The molecule has 3 rings (SSSR count). The molecule has 0 atom stereocenters. The van der Waals surface area contributed by atoms with Gasteiger partial charge in [0.1, 0.15) is 0 Å². The normalized spacial score (nSPS) is 18.9. The minimum atomic E-state index is -0.247. The van der Waals surface area contributed by atoms with Gasteiger partial charge in [0.2, 0.25) is 0 Å². The minimum Gasteiger partial charge on any atom is -0.355 e. The van der Waals surface area contributed by atoms with Crippen LogP contribution < -0.4 is 5.32 Å². The molecule has 1 fully saturated rings. The van der Waals surface area contributed by atoms with Crippen LogP contribution in [0.25, 0.3) is 5.57 Å². The zero-order chi connectivity index (χ0) is 13.4. The highest BCUT2D eigenvalue weighted by molar-refractivity contribution is 6.34. The summed E-state index contributed by atoms with van der Waals surface area (Å²) < 4.78 is 0. The smallest absolute Gasteiger partial charge is 0.255 e. The lowest BCUT2D eigenvalue weighted by Gasteiger charge is -2.14. The Morgan fingerprint density at radius 1 is 1.16 bits per heavy atom. The Balaban J connectivity index is 2.17. The molecule has 1 N–H and O–H groups in total. The number of amides is 1. The number of Topliss-reactive ketones (excluding diaryl/α,β-unsaturated/α-hetero) is 1. The standard InChI is InChI=1S/C16H17NO2/c1-17-16(19)14-13(10-6-2-3-7-10)11-8-4-5-9-12(11)15(14)18/h4-5,8-10H,2-3,6-7H2,1H3,(H,17,19). The Labute approximate surface area is 112 Å². The van der Waals surface area contributed by atoms with Crippen molar-refractivity contribution in [2.45, 2.75) is 25.7 Å².